The van der Waals surface area contributed by atoms with Crippen LogP contribution in [0.15, 0.2) is 27.4 Å². The van der Waals surface area contributed by atoms with E-state index in [1.165, 1.54) is 6.07 Å². The van der Waals surface area contributed by atoms with Crippen LogP contribution in [0.5, 0.6) is 0 Å². The highest BCUT2D eigenvalue weighted by Gasteiger charge is 2.48. The third kappa shape index (κ3) is 4.58. The number of rotatable bonds is 8. The van der Waals surface area contributed by atoms with Crippen molar-refractivity contribution in [1.82, 2.24) is 15.6 Å². The molecule has 2 aromatic rings. The minimum Gasteiger partial charge on any atom is -0.408 e. The van der Waals surface area contributed by atoms with Gasteiger partial charge in [0.25, 0.3) is 5.91 Å². The standard InChI is InChI=1S/C19H23F2N3O4/c1-9(2)13(5-6-22-18(26)12-8-11(12)16(20)21)23-17(25)10-3-4-14-15(7-10)28-19(27)24-14/h3-4,7,9,11-13,16H,5-6,8H2,1-2H3,(H,22,26)(H,23,25)(H,24,27)/t11-,12-,13+/m0/s1. The van der Waals surface area contributed by atoms with Gasteiger partial charge >= 0.3 is 5.76 Å². The van der Waals surface area contributed by atoms with Crippen molar-refractivity contribution in [1.29, 1.82) is 0 Å². The molecule has 1 aliphatic carbocycles. The minimum absolute atomic E-state index is 0.101. The molecule has 2 amide bonds. The Morgan fingerprint density at radius 3 is 2.71 bits per heavy atom. The number of fused-ring (bicyclic) bond motifs is 1. The second-order valence-corrected chi connectivity index (χ2v) is 7.47. The Morgan fingerprint density at radius 2 is 2.07 bits per heavy atom. The summed E-state index contributed by atoms with van der Waals surface area (Å²) in [7, 11) is 0. The third-order valence-electron chi connectivity index (χ3n) is 5.06. The summed E-state index contributed by atoms with van der Waals surface area (Å²) in [6.45, 7) is 4.17. The SMILES string of the molecule is CC(C)[C@@H](CCNC(=O)[C@H]1C[C@@H]1C(F)F)NC(=O)c1ccc2[nH]c(=O)oc2c1. The normalized spacial score (nSPS) is 19.8. The zero-order valence-corrected chi connectivity index (χ0v) is 15.6. The molecule has 0 aliphatic heterocycles. The van der Waals surface area contributed by atoms with E-state index in [2.05, 4.69) is 15.6 Å². The van der Waals surface area contributed by atoms with Gasteiger partial charge in [-0.1, -0.05) is 13.8 Å². The highest BCUT2D eigenvalue weighted by molar-refractivity contribution is 5.97. The maximum Gasteiger partial charge on any atom is 0.417 e. The zero-order chi connectivity index (χ0) is 20.4. The van der Waals surface area contributed by atoms with Gasteiger partial charge in [-0.05, 0) is 37.0 Å². The lowest BCUT2D eigenvalue weighted by Gasteiger charge is -2.22. The Bertz CT molecular complexity index is 921. The monoisotopic (exact) mass is 395 g/mol. The number of H-pyrrole nitrogens is 1. The van der Waals surface area contributed by atoms with Gasteiger partial charge in [-0.25, -0.2) is 13.6 Å². The Balaban J connectivity index is 1.54. The molecule has 3 atom stereocenters. The second-order valence-electron chi connectivity index (χ2n) is 7.47. The number of carbonyl (C=O) groups is 2. The molecule has 1 aliphatic rings. The number of halogens is 2. The lowest BCUT2D eigenvalue weighted by atomic mass is 10.00. The van der Waals surface area contributed by atoms with Gasteiger partial charge in [0.2, 0.25) is 12.3 Å². The molecular formula is C19H23F2N3O4. The number of amides is 2. The minimum atomic E-state index is -2.46. The number of alkyl halides is 2. The van der Waals surface area contributed by atoms with E-state index in [0.717, 1.165) is 0 Å². The maximum absolute atomic E-state index is 12.5. The van der Waals surface area contributed by atoms with E-state index in [9.17, 15) is 23.2 Å². The first-order valence-electron chi connectivity index (χ1n) is 9.26. The number of aromatic nitrogens is 1. The first-order valence-corrected chi connectivity index (χ1v) is 9.26. The average Bonchev–Trinajstić information content (AvgIpc) is 3.35. The first kappa shape index (κ1) is 20.0. The molecule has 0 unspecified atom stereocenters. The second kappa shape index (κ2) is 8.12. The van der Waals surface area contributed by atoms with Crippen LogP contribution in [-0.4, -0.2) is 35.8 Å². The van der Waals surface area contributed by atoms with Crippen LogP contribution < -0.4 is 16.4 Å². The van der Waals surface area contributed by atoms with Gasteiger partial charge < -0.3 is 15.1 Å². The summed E-state index contributed by atoms with van der Waals surface area (Å²) >= 11 is 0. The number of hydrogen-bond acceptors (Lipinski definition) is 4. The molecular weight excluding hydrogens is 372 g/mol. The number of nitrogens with one attached hydrogen (secondary N) is 3. The average molecular weight is 395 g/mol. The van der Waals surface area contributed by atoms with E-state index in [4.69, 9.17) is 4.42 Å². The van der Waals surface area contributed by atoms with Gasteiger partial charge in [0.1, 0.15) is 0 Å². The molecule has 28 heavy (non-hydrogen) atoms. The molecule has 1 aromatic carbocycles. The number of hydrogen-bond donors (Lipinski definition) is 3. The van der Waals surface area contributed by atoms with Crippen LogP contribution in [0.1, 0.15) is 37.0 Å². The molecule has 0 spiro atoms. The molecule has 9 heteroatoms. The summed E-state index contributed by atoms with van der Waals surface area (Å²) < 4.78 is 30.0. The Hall–Kier alpha value is -2.71. The van der Waals surface area contributed by atoms with Crippen molar-refractivity contribution in [2.75, 3.05) is 6.54 Å². The Labute approximate surface area is 159 Å². The molecule has 1 fully saturated rings. The van der Waals surface area contributed by atoms with Crippen LogP contribution in [0.25, 0.3) is 11.1 Å². The van der Waals surface area contributed by atoms with Gasteiger partial charge in [0, 0.05) is 30.0 Å². The topological polar surface area (TPSA) is 104 Å². The highest BCUT2D eigenvalue weighted by Crippen LogP contribution is 2.43. The quantitative estimate of drug-likeness (QED) is 0.638. The van der Waals surface area contributed by atoms with Crippen LogP contribution in [0.2, 0.25) is 0 Å². The molecule has 1 saturated carbocycles. The summed E-state index contributed by atoms with van der Waals surface area (Å²) in [6, 6.07) is 4.44. The number of benzene rings is 1. The fraction of sp³-hybridized carbons (Fsp3) is 0.526. The fourth-order valence-corrected chi connectivity index (χ4v) is 3.19. The summed E-state index contributed by atoms with van der Waals surface area (Å²) in [5.74, 6) is -2.60. The molecule has 152 valence electrons. The van der Waals surface area contributed by atoms with Gasteiger partial charge in [0.15, 0.2) is 5.58 Å². The maximum atomic E-state index is 12.5. The van der Waals surface area contributed by atoms with Crippen LogP contribution in [0, 0.1) is 17.8 Å². The first-order chi connectivity index (χ1) is 13.3. The molecule has 0 bridgehead atoms. The predicted octanol–water partition coefficient (Wildman–Crippen LogP) is 2.28. The van der Waals surface area contributed by atoms with Crippen LogP contribution in [-0.2, 0) is 4.79 Å². The Kier molecular flexibility index (Phi) is 5.81. The van der Waals surface area contributed by atoms with Crippen molar-refractivity contribution >= 4 is 22.9 Å². The molecule has 0 saturated heterocycles. The van der Waals surface area contributed by atoms with Crippen molar-refractivity contribution in [3.8, 4) is 0 Å². The molecule has 3 N–H and O–H groups in total. The van der Waals surface area contributed by atoms with Crippen LogP contribution in [0.4, 0.5) is 8.78 Å². The summed E-state index contributed by atoms with van der Waals surface area (Å²) in [5.41, 5.74) is 1.15. The largest absolute Gasteiger partial charge is 0.417 e. The summed E-state index contributed by atoms with van der Waals surface area (Å²) in [4.78, 5) is 38.1. The Morgan fingerprint density at radius 1 is 1.32 bits per heavy atom. The van der Waals surface area contributed by atoms with Gasteiger partial charge in [-0.2, -0.15) is 0 Å². The van der Waals surface area contributed by atoms with E-state index in [0.29, 0.717) is 29.6 Å². The van der Waals surface area contributed by atoms with Crippen LogP contribution in [0.3, 0.4) is 0 Å². The van der Waals surface area contributed by atoms with E-state index in [1.807, 2.05) is 13.8 Å². The molecule has 1 heterocycles. The van der Waals surface area contributed by atoms with Crippen LogP contribution >= 0.6 is 0 Å². The lowest BCUT2D eigenvalue weighted by Crippen LogP contribution is -2.41. The van der Waals surface area contributed by atoms with E-state index >= 15 is 0 Å². The van der Waals surface area contributed by atoms with Gasteiger partial charge in [0.05, 0.1) is 5.52 Å². The number of oxazole rings is 1. The van der Waals surface area contributed by atoms with Crippen molar-refractivity contribution in [2.24, 2.45) is 17.8 Å². The number of carbonyl (C=O) groups excluding carboxylic acids is 2. The smallest absolute Gasteiger partial charge is 0.408 e. The fourth-order valence-electron chi connectivity index (χ4n) is 3.19. The molecule has 3 rings (SSSR count). The number of aromatic amines is 1. The van der Waals surface area contributed by atoms with Crippen molar-refractivity contribution < 1.29 is 22.8 Å². The van der Waals surface area contributed by atoms with Gasteiger partial charge in [-0.15, -0.1) is 0 Å². The summed E-state index contributed by atoms with van der Waals surface area (Å²) in [6.07, 6.45) is -1.76. The summed E-state index contributed by atoms with van der Waals surface area (Å²) in [5, 5.41) is 5.59. The van der Waals surface area contributed by atoms with Crippen molar-refractivity contribution in [2.45, 2.75) is 39.2 Å². The molecule has 0 radical (unpaired) electrons. The van der Waals surface area contributed by atoms with Gasteiger partial charge in [-0.3, -0.25) is 14.6 Å². The zero-order valence-electron chi connectivity index (χ0n) is 15.6. The van der Waals surface area contributed by atoms with E-state index in [1.54, 1.807) is 12.1 Å². The molecule has 7 nitrogen and oxygen atoms in total. The van der Waals surface area contributed by atoms with E-state index < -0.39 is 24.0 Å². The predicted molar refractivity (Wildman–Crippen MR) is 98.2 cm³/mol. The van der Waals surface area contributed by atoms with Crippen molar-refractivity contribution in [3.05, 3.63) is 34.3 Å². The lowest BCUT2D eigenvalue weighted by molar-refractivity contribution is -0.123. The molecule has 1 aromatic heterocycles. The van der Waals surface area contributed by atoms with Crippen molar-refractivity contribution in [3.63, 3.8) is 0 Å². The van der Waals surface area contributed by atoms with E-state index in [-0.39, 0.29) is 30.2 Å². The highest BCUT2D eigenvalue weighted by atomic mass is 19.3. The third-order valence-corrected chi connectivity index (χ3v) is 5.06.